The van der Waals surface area contributed by atoms with E-state index in [4.69, 9.17) is 15.2 Å². The molecule has 1 heterocycles. The number of ether oxygens (including phenoxy) is 2. The summed E-state index contributed by atoms with van der Waals surface area (Å²) < 4.78 is 11.4. The predicted molar refractivity (Wildman–Crippen MR) is 119 cm³/mol. The van der Waals surface area contributed by atoms with Gasteiger partial charge >= 0.3 is 0 Å². The number of halogens is 1. The second-order valence-corrected chi connectivity index (χ2v) is 8.29. The van der Waals surface area contributed by atoms with Crippen molar-refractivity contribution < 1.29 is 14.4 Å². The van der Waals surface area contributed by atoms with E-state index in [1.165, 1.54) is 12.1 Å². The smallest absolute Gasteiger partial charge is 0.269 e. The summed E-state index contributed by atoms with van der Waals surface area (Å²) in [7, 11) is 1.61. The van der Waals surface area contributed by atoms with Gasteiger partial charge in [0.15, 0.2) is 11.5 Å². The summed E-state index contributed by atoms with van der Waals surface area (Å²) in [4.78, 5) is 12.8. The second-order valence-electron chi connectivity index (χ2n) is 8.29. The van der Waals surface area contributed by atoms with Crippen LogP contribution in [0.3, 0.4) is 0 Å². The third-order valence-corrected chi connectivity index (χ3v) is 5.57. The zero-order valence-corrected chi connectivity index (χ0v) is 18.5. The van der Waals surface area contributed by atoms with E-state index >= 15 is 0 Å². The monoisotopic (exact) mass is 435 g/mol. The second kappa shape index (κ2) is 10.1. The largest absolute Gasteiger partial charge is 0.493 e. The molecule has 0 spiro atoms. The quantitative estimate of drug-likeness (QED) is 0.518. The van der Waals surface area contributed by atoms with Crippen molar-refractivity contribution in [2.75, 3.05) is 20.2 Å². The molecule has 1 unspecified atom stereocenters. The van der Waals surface area contributed by atoms with Gasteiger partial charge in [-0.1, -0.05) is 19.9 Å². The van der Waals surface area contributed by atoms with Crippen LogP contribution < -0.4 is 15.2 Å². The lowest BCUT2D eigenvalue weighted by Gasteiger charge is -2.42. The lowest BCUT2D eigenvalue weighted by atomic mass is 9.79. The number of hydrogen-bond acceptors (Lipinski definition) is 6. The van der Waals surface area contributed by atoms with E-state index in [1.807, 2.05) is 12.1 Å². The molecule has 8 heteroatoms. The van der Waals surface area contributed by atoms with E-state index in [0.29, 0.717) is 18.1 Å². The maximum atomic E-state index is 10.8. The summed E-state index contributed by atoms with van der Waals surface area (Å²) in [5, 5.41) is 10.8. The van der Waals surface area contributed by atoms with Crippen molar-refractivity contribution in [3.63, 3.8) is 0 Å². The first kappa shape index (κ1) is 23.9. The van der Waals surface area contributed by atoms with Crippen LogP contribution in [0, 0.1) is 15.5 Å². The predicted octanol–water partition coefficient (Wildman–Crippen LogP) is 4.16. The summed E-state index contributed by atoms with van der Waals surface area (Å²) in [6, 6.07) is 12.6. The van der Waals surface area contributed by atoms with Gasteiger partial charge in [0, 0.05) is 37.8 Å². The van der Waals surface area contributed by atoms with Crippen LogP contribution in [0.5, 0.6) is 11.5 Å². The average Bonchev–Trinajstić information content (AvgIpc) is 2.69. The van der Waals surface area contributed by atoms with E-state index in [2.05, 4.69) is 24.8 Å². The van der Waals surface area contributed by atoms with Gasteiger partial charge in [-0.05, 0) is 47.2 Å². The Hall–Kier alpha value is -2.35. The fourth-order valence-corrected chi connectivity index (χ4v) is 3.69. The van der Waals surface area contributed by atoms with Gasteiger partial charge < -0.3 is 15.2 Å². The summed E-state index contributed by atoms with van der Waals surface area (Å²) in [5.41, 5.74) is 8.42. The molecule has 0 amide bonds. The molecule has 1 atom stereocenters. The summed E-state index contributed by atoms with van der Waals surface area (Å²) in [6.45, 7) is 7.51. The highest BCUT2D eigenvalue weighted by Crippen LogP contribution is 2.32. The first-order valence-electron chi connectivity index (χ1n) is 9.79. The number of nitrogens with two attached hydrogens (primary N) is 1. The molecule has 0 radical (unpaired) electrons. The number of nitro benzene ring substituents is 1. The van der Waals surface area contributed by atoms with Crippen LogP contribution in [0.2, 0.25) is 0 Å². The molecule has 0 aromatic heterocycles. The number of nitrogens with zero attached hydrogens (tertiary/aromatic N) is 2. The Morgan fingerprint density at radius 2 is 1.83 bits per heavy atom. The van der Waals surface area contributed by atoms with E-state index in [1.54, 1.807) is 19.2 Å². The van der Waals surface area contributed by atoms with Gasteiger partial charge in [-0.2, -0.15) is 0 Å². The van der Waals surface area contributed by atoms with Crippen molar-refractivity contribution in [1.29, 1.82) is 0 Å². The van der Waals surface area contributed by atoms with Crippen molar-refractivity contribution in [3.8, 4) is 11.5 Å². The summed E-state index contributed by atoms with van der Waals surface area (Å²) in [6.07, 6.45) is 0.993. The van der Waals surface area contributed by atoms with Crippen molar-refractivity contribution in [2.24, 2.45) is 11.1 Å². The number of piperidine rings is 1. The van der Waals surface area contributed by atoms with Crippen LogP contribution in [0.15, 0.2) is 42.5 Å². The first-order chi connectivity index (χ1) is 13.8. The molecule has 2 aromatic rings. The van der Waals surface area contributed by atoms with Gasteiger partial charge in [0.05, 0.1) is 12.0 Å². The van der Waals surface area contributed by atoms with Crippen LogP contribution >= 0.6 is 12.4 Å². The lowest BCUT2D eigenvalue weighted by Crippen LogP contribution is -2.52. The molecule has 2 N–H and O–H groups in total. The topological polar surface area (TPSA) is 90.9 Å². The van der Waals surface area contributed by atoms with E-state index in [-0.39, 0.29) is 29.6 Å². The van der Waals surface area contributed by atoms with Crippen LogP contribution in [0.1, 0.15) is 31.4 Å². The third kappa shape index (κ3) is 5.84. The molecular weight excluding hydrogens is 406 g/mol. The molecule has 30 heavy (non-hydrogen) atoms. The lowest BCUT2D eigenvalue weighted by molar-refractivity contribution is -0.384. The highest BCUT2D eigenvalue weighted by atomic mass is 35.5. The molecule has 1 saturated heterocycles. The number of non-ortho nitro benzene ring substituents is 1. The minimum atomic E-state index is -0.411. The van der Waals surface area contributed by atoms with Gasteiger partial charge in [0.2, 0.25) is 0 Å². The van der Waals surface area contributed by atoms with E-state index < -0.39 is 4.92 Å². The van der Waals surface area contributed by atoms with Gasteiger partial charge in [-0.3, -0.25) is 15.0 Å². The van der Waals surface area contributed by atoms with Gasteiger partial charge in [-0.15, -0.1) is 12.4 Å². The number of likely N-dealkylation sites (tertiary alicyclic amines) is 1. The number of hydrogen-bond donors (Lipinski definition) is 1. The fraction of sp³-hybridized carbons (Fsp3) is 0.455. The molecule has 7 nitrogen and oxygen atoms in total. The van der Waals surface area contributed by atoms with Gasteiger partial charge in [-0.25, -0.2) is 0 Å². The average molecular weight is 436 g/mol. The maximum absolute atomic E-state index is 10.8. The Labute approximate surface area is 183 Å². The molecule has 0 bridgehead atoms. The van der Waals surface area contributed by atoms with Crippen LogP contribution in [-0.4, -0.2) is 36.1 Å². The summed E-state index contributed by atoms with van der Waals surface area (Å²) in [5.74, 6) is 1.33. The van der Waals surface area contributed by atoms with Crippen molar-refractivity contribution in [1.82, 2.24) is 4.90 Å². The zero-order chi connectivity index (χ0) is 21.0. The standard InChI is InChI=1S/C22H29N3O4.ClH/c1-22(2)15-24(11-10-21(22)23)13-17-6-9-19(28-3)20(12-17)29-14-16-4-7-18(8-5-16)25(26)27;/h4-9,12,21H,10-11,13-15,23H2,1-3H3;1H. The molecule has 0 aliphatic carbocycles. The van der Waals surface area contributed by atoms with Crippen LogP contribution in [-0.2, 0) is 13.2 Å². The van der Waals surface area contributed by atoms with E-state index in [0.717, 1.165) is 37.2 Å². The molecule has 1 aliphatic heterocycles. The molecular formula is C22H30ClN3O4. The van der Waals surface area contributed by atoms with E-state index in [9.17, 15) is 10.1 Å². The molecule has 1 aliphatic rings. The van der Waals surface area contributed by atoms with Gasteiger partial charge in [0.1, 0.15) is 6.61 Å². The number of benzene rings is 2. The molecule has 0 saturated carbocycles. The Balaban J connectivity index is 0.00000320. The van der Waals surface area contributed by atoms with Crippen LogP contribution in [0.25, 0.3) is 0 Å². The van der Waals surface area contributed by atoms with Crippen molar-refractivity contribution in [3.05, 3.63) is 63.7 Å². The molecule has 1 fully saturated rings. The van der Waals surface area contributed by atoms with Gasteiger partial charge in [0.25, 0.3) is 5.69 Å². The highest BCUT2D eigenvalue weighted by Gasteiger charge is 2.33. The minimum Gasteiger partial charge on any atom is -0.493 e. The normalized spacial score (nSPS) is 18.3. The Morgan fingerprint density at radius 1 is 1.17 bits per heavy atom. The highest BCUT2D eigenvalue weighted by molar-refractivity contribution is 5.85. The summed E-state index contributed by atoms with van der Waals surface area (Å²) >= 11 is 0. The molecule has 2 aromatic carbocycles. The van der Waals surface area contributed by atoms with Crippen molar-refractivity contribution >= 4 is 18.1 Å². The first-order valence-corrected chi connectivity index (χ1v) is 9.79. The Morgan fingerprint density at radius 3 is 2.43 bits per heavy atom. The van der Waals surface area contributed by atoms with Crippen LogP contribution in [0.4, 0.5) is 5.69 Å². The maximum Gasteiger partial charge on any atom is 0.269 e. The fourth-order valence-electron chi connectivity index (χ4n) is 3.69. The zero-order valence-electron chi connectivity index (χ0n) is 17.7. The minimum absolute atomic E-state index is 0. The molecule has 164 valence electrons. The van der Waals surface area contributed by atoms with Crippen molar-refractivity contribution in [2.45, 2.75) is 39.5 Å². The Bertz CT molecular complexity index is 858. The SMILES string of the molecule is COc1ccc(CN2CCC(N)C(C)(C)C2)cc1OCc1ccc([N+](=O)[O-])cc1.Cl. The molecule has 3 rings (SSSR count). The Kier molecular flexibility index (Phi) is 8.06. The number of rotatable bonds is 7. The number of nitro groups is 1. The number of methoxy groups -OCH3 is 1. The third-order valence-electron chi connectivity index (χ3n) is 5.57.